The van der Waals surface area contributed by atoms with Gasteiger partial charge in [-0.1, -0.05) is 0 Å². The van der Waals surface area contributed by atoms with Crippen LogP contribution in [0.4, 0.5) is 5.00 Å². The van der Waals surface area contributed by atoms with Gasteiger partial charge in [0.1, 0.15) is 6.54 Å². The zero-order valence-electron chi connectivity index (χ0n) is 14.5. The first kappa shape index (κ1) is 18.7. The van der Waals surface area contributed by atoms with Gasteiger partial charge in [-0.3, -0.25) is 14.4 Å². The van der Waals surface area contributed by atoms with Crippen molar-refractivity contribution < 1.29 is 23.5 Å². The number of furan rings is 1. The van der Waals surface area contributed by atoms with E-state index in [2.05, 4.69) is 10.1 Å². The molecule has 0 aliphatic heterocycles. The van der Waals surface area contributed by atoms with E-state index in [1.165, 1.54) is 18.3 Å². The maximum absolute atomic E-state index is 12.8. The van der Waals surface area contributed by atoms with Gasteiger partial charge < -0.3 is 19.4 Å². The zero-order chi connectivity index (χ0) is 18.6. The number of anilines is 1. The molecular formula is C17H20N2O5S. The van der Waals surface area contributed by atoms with E-state index in [9.17, 15) is 14.4 Å². The average molecular weight is 364 g/mol. The summed E-state index contributed by atoms with van der Waals surface area (Å²) in [4.78, 5) is 38.3. The maximum Gasteiger partial charge on any atom is 0.325 e. The lowest BCUT2D eigenvalue weighted by Gasteiger charge is -2.25. The number of carbonyl (C=O) groups is 3. The molecule has 0 bridgehead atoms. The van der Waals surface area contributed by atoms with E-state index < -0.39 is 5.97 Å². The van der Waals surface area contributed by atoms with Crippen molar-refractivity contribution in [3.63, 3.8) is 0 Å². The topological polar surface area (TPSA) is 88.9 Å². The highest BCUT2D eigenvalue weighted by atomic mass is 32.1. The third-order valence-corrected chi connectivity index (χ3v) is 4.65. The van der Waals surface area contributed by atoms with Crippen LogP contribution in [0, 0.1) is 6.92 Å². The Bertz CT molecular complexity index is 764. The normalized spacial score (nSPS) is 10.6. The highest BCUT2D eigenvalue weighted by Crippen LogP contribution is 2.29. The lowest BCUT2D eigenvalue weighted by molar-refractivity contribution is -0.141. The summed E-state index contributed by atoms with van der Waals surface area (Å²) < 4.78 is 9.69. The zero-order valence-corrected chi connectivity index (χ0v) is 15.3. The minimum absolute atomic E-state index is 0.127. The molecule has 8 heteroatoms. The molecule has 0 fully saturated rings. The number of esters is 1. The van der Waals surface area contributed by atoms with Crippen molar-refractivity contribution in [2.45, 2.75) is 26.8 Å². The summed E-state index contributed by atoms with van der Waals surface area (Å²) in [7, 11) is 1.28. The van der Waals surface area contributed by atoms with Gasteiger partial charge in [0, 0.05) is 6.04 Å². The fourth-order valence-corrected chi connectivity index (χ4v) is 3.18. The number of hydrogen-bond acceptors (Lipinski definition) is 6. The van der Waals surface area contributed by atoms with E-state index in [-0.39, 0.29) is 30.2 Å². The summed E-state index contributed by atoms with van der Waals surface area (Å²) in [6, 6.07) is 4.72. The van der Waals surface area contributed by atoms with E-state index in [1.54, 1.807) is 25.1 Å². The van der Waals surface area contributed by atoms with E-state index in [4.69, 9.17) is 4.42 Å². The molecule has 25 heavy (non-hydrogen) atoms. The molecule has 2 aromatic rings. The molecular weight excluding hydrogens is 344 g/mol. The first-order chi connectivity index (χ1) is 11.8. The van der Waals surface area contributed by atoms with Crippen molar-refractivity contribution in [1.29, 1.82) is 0 Å². The molecule has 2 heterocycles. The predicted octanol–water partition coefficient (Wildman–Crippen LogP) is 2.93. The van der Waals surface area contributed by atoms with Gasteiger partial charge >= 0.3 is 5.97 Å². The molecule has 2 rings (SSSR count). The molecule has 0 saturated heterocycles. The van der Waals surface area contributed by atoms with Crippen LogP contribution in [0.3, 0.4) is 0 Å². The molecule has 0 radical (unpaired) electrons. The fraction of sp³-hybridized carbons (Fsp3) is 0.353. The minimum Gasteiger partial charge on any atom is -0.468 e. The Hall–Kier alpha value is -2.61. The monoisotopic (exact) mass is 364 g/mol. The third kappa shape index (κ3) is 4.48. The van der Waals surface area contributed by atoms with Crippen LogP contribution >= 0.6 is 11.3 Å². The largest absolute Gasteiger partial charge is 0.468 e. The smallest absolute Gasteiger partial charge is 0.325 e. The predicted molar refractivity (Wildman–Crippen MR) is 93.9 cm³/mol. The molecule has 2 amide bonds. The van der Waals surface area contributed by atoms with Crippen molar-refractivity contribution >= 4 is 34.1 Å². The van der Waals surface area contributed by atoms with Gasteiger partial charge in [0.2, 0.25) is 0 Å². The van der Waals surface area contributed by atoms with Crippen LogP contribution < -0.4 is 5.32 Å². The Morgan fingerprint density at radius 2 is 2.08 bits per heavy atom. The lowest BCUT2D eigenvalue weighted by Crippen LogP contribution is -2.41. The number of aryl methyl sites for hydroxylation is 1. The molecule has 7 nitrogen and oxygen atoms in total. The van der Waals surface area contributed by atoms with E-state index in [0.717, 1.165) is 16.9 Å². The first-order valence-electron chi connectivity index (χ1n) is 7.66. The lowest BCUT2D eigenvalue weighted by atomic mass is 10.2. The van der Waals surface area contributed by atoms with E-state index in [1.807, 2.05) is 13.8 Å². The Morgan fingerprint density at radius 1 is 1.36 bits per heavy atom. The second-order valence-electron chi connectivity index (χ2n) is 5.66. The maximum atomic E-state index is 12.8. The van der Waals surface area contributed by atoms with Crippen LogP contribution in [0.1, 0.15) is 39.6 Å². The molecule has 0 unspecified atom stereocenters. The molecule has 1 N–H and O–H groups in total. The molecule has 0 saturated carbocycles. The number of nitrogens with one attached hydrogen (secondary N) is 1. The quantitative estimate of drug-likeness (QED) is 0.796. The molecule has 2 aromatic heterocycles. The highest BCUT2D eigenvalue weighted by molar-refractivity contribution is 7.18. The number of hydrogen-bond donors (Lipinski definition) is 1. The summed E-state index contributed by atoms with van der Waals surface area (Å²) in [5.41, 5.74) is 0.722. The Balaban J connectivity index is 2.18. The van der Waals surface area contributed by atoms with Crippen LogP contribution in [0.2, 0.25) is 0 Å². The van der Waals surface area contributed by atoms with Gasteiger partial charge in [-0.05, 0) is 44.5 Å². The van der Waals surface area contributed by atoms with Gasteiger partial charge in [-0.25, -0.2) is 0 Å². The van der Waals surface area contributed by atoms with Gasteiger partial charge in [0.25, 0.3) is 11.8 Å². The second kappa shape index (κ2) is 7.98. The molecule has 134 valence electrons. The summed E-state index contributed by atoms with van der Waals surface area (Å²) in [5.74, 6) is -0.960. The number of ether oxygens (including phenoxy) is 1. The third-order valence-electron chi connectivity index (χ3n) is 3.51. The van der Waals surface area contributed by atoms with Gasteiger partial charge in [-0.2, -0.15) is 0 Å². The van der Waals surface area contributed by atoms with Crippen LogP contribution in [0.25, 0.3) is 0 Å². The van der Waals surface area contributed by atoms with Crippen LogP contribution in [-0.4, -0.2) is 42.4 Å². The van der Waals surface area contributed by atoms with Crippen molar-refractivity contribution in [2.24, 2.45) is 0 Å². The SMILES string of the molecule is COC(=O)CN(C(=O)c1sc(NC(=O)c2ccco2)cc1C)C(C)C. The standard InChI is InChI=1S/C17H20N2O5S/c1-10(2)19(9-14(20)23-4)17(22)15-11(3)8-13(25-15)18-16(21)12-6-5-7-24-12/h5-8,10H,9H2,1-4H3,(H,18,21). The van der Waals surface area contributed by atoms with Gasteiger partial charge in [-0.15, -0.1) is 11.3 Å². The second-order valence-corrected chi connectivity index (χ2v) is 6.71. The van der Waals surface area contributed by atoms with E-state index >= 15 is 0 Å². The molecule has 0 aliphatic carbocycles. The number of methoxy groups -OCH3 is 1. The summed E-state index contributed by atoms with van der Waals surface area (Å²) in [5, 5.41) is 3.24. The Kier molecular flexibility index (Phi) is 5.97. The summed E-state index contributed by atoms with van der Waals surface area (Å²) in [6.45, 7) is 5.30. The molecule has 0 spiro atoms. The number of thiophene rings is 1. The molecule has 0 atom stereocenters. The van der Waals surface area contributed by atoms with Crippen molar-refractivity contribution in [2.75, 3.05) is 19.0 Å². The fourth-order valence-electron chi connectivity index (χ4n) is 2.16. The Labute approximate surface area is 149 Å². The van der Waals surface area contributed by atoms with Crippen LogP contribution in [-0.2, 0) is 9.53 Å². The van der Waals surface area contributed by atoms with Crippen molar-refractivity contribution in [1.82, 2.24) is 4.90 Å². The van der Waals surface area contributed by atoms with Crippen LogP contribution in [0.5, 0.6) is 0 Å². The van der Waals surface area contributed by atoms with Crippen LogP contribution in [0.15, 0.2) is 28.9 Å². The summed E-state index contributed by atoms with van der Waals surface area (Å²) >= 11 is 1.16. The highest BCUT2D eigenvalue weighted by Gasteiger charge is 2.25. The molecule has 0 aromatic carbocycles. The average Bonchev–Trinajstić information content (AvgIpc) is 3.21. The van der Waals surface area contributed by atoms with E-state index in [0.29, 0.717) is 9.88 Å². The molecule has 0 aliphatic rings. The van der Waals surface area contributed by atoms with Gasteiger partial charge in [0.15, 0.2) is 5.76 Å². The Morgan fingerprint density at radius 3 is 2.64 bits per heavy atom. The minimum atomic E-state index is -0.484. The number of nitrogens with zero attached hydrogens (tertiary/aromatic N) is 1. The van der Waals surface area contributed by atoms with Crippen molar-refractivity contribution in [3.05, 3.63) is 40.7 Å². The number of amides is 2. The first-order valence-corrected chi connectivity index (χ1v) is 8.48. The number of rotatable bonds is 6. The van der Waals surface area contributed by atoms with Gasteiger partial charge in [0.05, 0.1) is 23.3 Å². The number of carbonyl (C=O) groups excluding carboxylic acids is 3. The van der Waals surface area contributed by atoms with Crippen molar-refractivity contribution in [3.8, 4) is 0 Å². The summed E-state index contributed by atoms with van der Waals surface area (Å²) in [6.07, 6.45) is 1.41.